The summed E-state index contributed by atoms with van der Waals surface area (Å²) in [7, 11) is 1.24. The summed E-state index contributed by atoms with van der Waals surface area (Å²) in [5.74, 6) is -2.25. The van der Waals surface area contributed by atoms with E-state index >= 15 is 0 Å². The summed E-state index contributed by atoms with van der Waals surface area (Å²) in [6, 6.07) is 18.4. The van der Waals surface area contributed by atoms with Crippen molar-refractivity contribution < 1.29 is 23.9 Å². The Balaban J connectivity index is 1.51. The zero-order valence-electron chi connectivity index (χ0n) is 21.1. The van der Waals surface area contributed by atoms with Crippen LogP contribution in [-0.2, 0) is 27.2 Å². The zero-order chi connectivity index (χ0) is 27.4. The van der Waals surface area contributed by atoms with Gasteiger partial charge in [-0.2, -0.15) is 0 Å². The van der Waals surface area contributed by atoms with Crippen molar-refractivity contribution in [2.45, 2.75) is 26.7 Å². The number of hydrogen-bond acceptors (Lipinski definition) is 6. The molecule has 0 spiro atoms. The molecule has 3 aromatic rings. The number of carbonyl (C=O) groups excluding carboxylic acids is 4. The molecule has 1 aliphatic heterocycles. The van der Waals surface area contributed by atoms with Crippen LogP contribution in [-0.4, -0.2) is 30.8 Å². The molecule has 0 unspecified atom stereocenters. The van der Waals surface area contributed by atoms with E-state index in [0.717, 1.165) is 34.6 Å². The second-order valence-electron chi connectivity index (χ2n) is 8.49. The SMILES string of the molecule is CCc1cccc(CC)c1NC(=O)c1ccc(NC2=C(Cl)C(=O)N(c3cccc(C(=O)OC)c3)C2=O)cc1. The first-order valence-electron chi connectivity index (χ1n) is 12.0. The van der Waals surface area contributed by atoms with Crippen molar-refractivity contribution >= 4 is 52.4 Å². The highest BCUT2D eigenvalue weighted by atomic mass is 35.5. The van der Waals surface area contributed by atoms with E-state index in [9.17, 15) is 19.2 Å². The minimum absolute atomic E-state index is 0.109. The van der Waals surface area contributed by atoms with Gasteiger partial charge in [-0.25, -0.2) is 9.69 Å². The molecule has 194 valence electrons. The normalized spacial score (nSPS) is 13.1. The van der Waals surface area contributed by atoms with Crippen LogP contribution in [0.15, 0.2) is 77.5 Å². The van der Waals surface area contributed by atoms with Gasteiger partial charge in [0.05, 0.1) is 18.4 Å². The molecule has 4 rings (SSSR count). The second kappa shape index (κ2) is 11.3. The monoisotopic (exact) mass is 531 g/mol. The van der Waals surface area contributed by atoms with Gasteiger partial charge in [0.2, 0.25) is 0 Å². The number of carbonyl (C=O) groups is 4. The molecule has 9 heteroatoms. The van der Waals surface area contributed by atoms with Crippen molar-refractivity contribution in [1.82, 2.24) is 0 Å². The Hall–Kier alpha value is -4.43. The number of nitrogens with one attached hydrogen (secondary N) is 2. The van der Waals surface area contributed by atoms with Gasteiger partial charge >= 0.3 is 5.97 Å². The van der Waals surface area contributed by atoms with E-state index in [1.165, 1.54) is 31.4 Å². The summed E-state index contributed by atoms with van der Waals surface area (Å²) < 4.78 is 4.71. The summed E-state index contributed by atoms with van der Waals surface area (Å²) >= 11 is 6.23. The second-order valence-corrected chi connectivity index (χ2v) is 8.87. The Morgan fingerprint density at radius 3 is 2.11 bits per heavy atom. The quantitative estimate of drug-likeness (QED) is 0.302. The number of nitrogens with zero attached hydrogens (tertiary/aromatic N) is 1. The van der Waals surface area contributed by atoms with E-state index < -0.39 is 17.8 Å². The molecular formula is C29H26ClN3O5. The molecule has 0 aromatic heterocycles. The van der Waals surface area contributed by atoms with Crippen molar-refractivity contribution in [2.24, 2.45) is 0 Å². The van der Waals surface area contributed by atoms with Crippen molar-refractivity contribution in [3.8, 4) is 0 Å². The van der Waals surface area contributed by atoms with E-state index in [1.54, 1.807) is 24.3 Å². The van der Waals surface area contributed by atoms with E-state index in [-0.39, 0.29) is 27.9 Å². The number of halogens is 1. The van der Waals surface area contributed by atoms with Crippen LogP contribution >= 0.6 is 11.6 Å². The van der Waals surface area contributed by atoms with Crippen LogP contribution in [0.25, 0.3) is 0 Å². The number of anilines is 3. The molecular weight excluding hydrogens is 506 g/mol. The summed E-state index contributed by atoms with van der Waals surface area (Å²) in [6.07, 6.45) is 1.58. The fraction of sp³-hybridized carbons (Fsp3) is 0.172. The fourth-order valence-corrected chi connectivity index (χ4v) is 4.39. The molecule has 0 saturated carbocycles. The van der Waals surface area contributed by atoms with Gasteiger partial charge in [-0.1, -0.05) is 49.7 Å². The maximum Gasteiger partial charge on any atom is 0.337 e. The molecule has 8 nitrogen and oxygen atoms in total. The minimum atomic E-state index is -0.724. The maximum atomic E-state index is 13.1. The van der Waals surface area contributed by atoms with Gasteiger partial charge in [0.15, 0.2) is 0 Å². The van der Waals surface area contributed by atoms with Gasteiger partial charge in [0.25, 0.3) is 17.7 Å². The Labute approximate surface area is 225 Å². The topological polar surface area (TPSA) is 105 Å². The van der Waals surface area contributed by atoms with Crippen LogP contribution in [0.2, 0.25) is 0 Å². The molecule has 0 saturated heterocycles. The number of methoxy groups -OCH3 is 1. The van der Waals surface area contributed by atoms with Gasteiger partial charge in [-0.05, 0) is 66.4 Å². The number of imide groups is 1. The third-order valence-corrected chi connectivity index (χ3v) is 6.56. The predicted octanol–water partition coefficient (Wildman–Crippen LogP) is 5.29. The molecule has 0 aliphatic carbocycles. The molecule has 0 atom stereocenters. The first kappa shape index (κ1) is 26.6. The van der Waals surface area contributed by atoms with Crippen LogP contribution in [0, 0.1) is 0 Å². The number of amides is 3. The van der Waals surface area contributed by atoms with Crippen LogP contribution in [0.1, 0.15) is 45.7 Å². The Morgan fingerprint density at radius 2 is 1.50 bits per heavy atom. The maximum absolute atomic E-state index is 13.1. The number of para-hydroxylation sites is 1. The van der Waals surface area contributed by atoms with Crippen molar-refractivity contribution in [1.29, 1.82) is 0 Å². The lowest BCUT2D eigenvalue weighted by Gasteiger charge is -2.16. The smallest absolute Gasteiger partial charge is 0.337 e. The van der Waals surface area contributed by atoms with Crippen LogP contribution in [0.3, 0.4) is 0 Å². The largest absolute Gasteiger partial charge is 0.465 e. The lowest BCUT2D eigenvalue weighted by molar-refractivity contribution is -0.120. The van der Waals surface area contributed by atoms with Gasteiger partial charge in [-0.3, -0.25) is 14.4 Å². The van der Waals surface area contributed by atoms with E-state index in [0.29, 0.717) is 11.3 Å². The predicted molar refractivity (Wildman–Crippen MR) is 146 cm³/mol. The Bertz CT molecular complexity index is 1440. The number of hydrogen-bond donors (Lipinski definition) is 2. The molecule has 38 heavy (non-hydrogen) atoms. The number of rotatable bonds is 8. The summed E-state index contributed by atoms with van der Waals surface area (Å²) in [5.41, 5.74) is 4.10. The average Bonchev–Trinajstić information content (AvgIpc) is 3.15. The van der Waals surface area contributed by atoms with Crippen LogP contribution < -0.4 is 15.5 Å². The van der Waals surface area contributed by atoms with Gasteiger partial charge in [0.1, 0.15) is 10.7 Å². The minimum Gasteiger partial charge on any atom is -0.465 e. The molecule has 0 bridgehead atoms. The average molecular weight is 532 g/mol. The van der Waals surface area contributed by atoms with E-state index in [2.05, 4.69) is 10.6 Å². The molecule has 0 radical (unpaired) electrons. The van der Waals surface area contributed by atoms with Crippen LogP contribution in [0.5, 0.6) is 0 Å². The highest BCUT2D eigenvalue weighted by Gasteiger charge is 2.39. The number of ether oxygens (including phenoxy) is 1. The lowest BCUT2D eigenvalue weighted by Crippen LogP contribution is -2.32. The van der Waals surface area contributed by atoms with Crippen molar-refractivity contribution in [3.05, 3.63) is 99.7 Å². The number of benzene rings is 3. The third-order valence-electron chi connectivity index (χ3n) is 6.21. The fourth-order valence-electron chi connectivity index (χ4n) is 4.17. The first-order chi connectivity index (χ1) is 18.3. The number of esters is 1. The van der Waals surface area contributed by atoms with Gasteiger partial charge < -0.3 is 15.4 Å². The van der Waals surface area contributed by atoms with Crippen molar-refractivity contribution in [2.75, 3.05) is 22.6 Å². The molecule has 0 fully saturated rings. The Morgan fingerprint density at radius 1 is 0.868 bits per heavy atom. The van der Waals surface area contributed by atoms with E-state index in [4.69, 9.17) is 16.3 Å². The first-order valence-corrected chi connectivity index (χ1v) is 12.4. The van der Waals surface area contributed by atoms with Gasteiger partial charge in [0, 0.05) is 16.9 Å². The van der Waals surface area contributed by atoms with E-state index in [1.807, 2.05) is 32.0 Å². The number of aryl methyl sites for hydroxylation is 2. The van der Waals surface area contributed by atoms with Gasteiger partial charge in [-0.15, -0.1) is 0 Å². The van der Waals surface area contributed by atoms with Crippen LogP contribution in [0.4, 0.5) is 17.1 Å². The summed E-state index contributed by atoms with van der Waals surface area (Å²) in [5, 5.41) is 5.62. The zero-order valence-corrected chi connectivity index (χ0v) is 21.9. The Kier molecular flexibility index (Phi) is 7.93. The standard InChI is InChI=1S/C29H26ClN3O5/c1-4-17-8-6-9-18(5-2)24(17)32-26(34)19-12-14-21(15-13-19)31-25-23(30)27(35)33(28(25)36)22-11-7-10-20(16-22)29(37)38-3/h6-16,31H,4-5H2,1-3H3,(H,32,34). The molecule has 3 aromatic carbocycles. The summed E-state index contributed by atoms with van der Waals surface area (Å²) in [6.45, 7) is 4.08. The molecule has 3 amide bonds. The molecule has 2 N–H and O–H groups in total. The highest BCUT2D eigenvalue weighted by molar-refractivity contribution is 6.53. The molecule has 1 heterocycles. The lowest BCUT2D eigenvalue weighted by atomic mass is 10.0. The third kappa shape index (κ3) is 5.17. The van der Waals surface area contributed by atoms with Crippen molar-refractivity contribution in [3.63, 3.8) is 0 Å². The molecule has 1 aliphatic rings. The summed E-state index contributed by atoms with van der Waals surface area (Å²) in [4.78, 5) is 51.6. The highest BCUT2D eigenvalue weighted by Crippen LogP contribution is 2.31.